The van der Waals surface area contributed by atoms with Crippen molar-refractivity contribution in [2.24, 2.45) is 7.05 Å². The van der Waals surface area contributed by atoms with Gasteiger partial charge in [-0.05, 0) is 86.7 Å². The normalized spacial score (nSPS) is 16.5. The predicted molar refractivity (Wildman–Crippen MR) is 140 cm³/mol. The second kappa shape index (κ2) is 9.19. The van der Waals surface area contributed by atoms with E-state index < -0.39 is 0 Å². The highest BCUT2D eigenvalue weighted by Gasteiger charge is 2.28. The van der Waals surface area contributed by atoms with Crippen LogP contribution in [0.4, 0.5) is 17.3 Å². The number of anilines is 3. The monoisotopic (exact) mass is 469 g/mol. The van der Waals surface area contributed by atoms with Crippen LogP contribution in [-0.4, -0.2) is 38.2 Å². The lowest BCUT2D eigenvalue weighted by atomic mass is 10.1. The van der Waals surface area contributed by atoms with E-state index in [0.717, 1.165) is 42.7 Å². The number of aryl methyl sites for hydroxylation is 1. The summed E-state index contributed by atoms with van der Waals surface area (Å²) in [7, 11) is 2.08. The molecule has 0 atom stereocenters. The Bertz CT molecular complexity index is 1400. The molecule has 4 heterocycles. The van der Waals surface area contributed by atoms with E-state index in [-0.39, 0.29) is 5.56 Å². The van der Waals surface area contributed by atoms with E-state index in [1.165, 1.54) is 24.1 Å². The molecule has 6 rings (SSSR count). The van der Waals surface area contributed by atoms with Crippen molar-refractivity contribution in [1.82, 2.24) is 24.4 Å². The number of nitrogens with zero attached hydrogens (tertiary/aromatic N) is 4. The number of piperidine rings is 1. The van der Waals surface area contributed by atoms with Crippen molar-refractivity contribution in [1.29, 1.82) is 0 Å². The first kappa shape index (κ1) is 21.9. The smallest absolute Gasteiger partial charge is 0.252 e. The second-order valence-electron chi connectivity index (χ2n) is 9.71. The Balaban J connectivity index is 1.24. The maximum atomic E-state index is 12.9. The average Bonchev–Trinajstić information content (AvgIpc) is 3.65. The molecule has 2 fully saturated rings. The third-order valence-corrected chi connectivity index (χ3v) is 7.07. The highest BCUT2D eigenvalue weighted by molar-refractivity contribution is 5.76. The Morgan fingerprint density at radius 2 is 1.77 bits per heavy atom. The molecule has 8 heteroatoms. The van der Waals surface area contributed by atoms with Gasteiger partial charge in [0.2, 0.25) is 5.95 Å². The molecule has 4 aromatic rings. The molecule has 3 N–H and O–H groups in total. The Hall–Kier alpha value is -3.65. The van der Waals surface area contributed by atoms with Gasteiger partial charge in [0.25, 0.3) is 5.56 Å². The fourth-order valence-electron chi connectivity index (χ4n) is 5.07. The highest BCUT2D eigenvalue weighted by atomic mass is 16.1. The summed E-state index contributed by atoms with van der Waals surface area (Å²) in [5, 5.41) is 11.2. The Morgan fingerprint density at radius 1 is 1.00 bits per heavy atom. The Morgan fingerprint density at radius 3 is 2.54 bits per heavy atom. The van der Waals surface area contributed by atoms with Crippen LogP contribution in [-0.2, 0) is 13.6 Å². The van der Waals surface area contributed by atoms with Crippen molar-refractivity contribution < 1.29 is 0 Å². The Labute approximate surface area is 204 Å². The van der Waals surface area contributed by atoms with Crippen molar-refractivity contribution in [3.8, 4) is 0 Å². The lowest BCUT2D eigenvalue weighted by Gasteiger charge is -2.24. The van der Waals surface area contributed by atoms with Crippen molar-refractivity contribution in [2.45, 2.75) is 44.2 Å². The summed E-state index contributed by atoms with van der Waals surface area (Å²) in [4.78, 5) is 22.1. The SMILES string of the molecule is Cn1ccc(Cn2c(=O)ccc3cnc(Nc4ccc(NC5CCNCC5)cc4)nc32)c1C1CC1. The lowest BCUT2D eigenvalue weighted by Crippen LogP contribution is -2.35. The third kappa shape index (κ3) is 4.66. The maximum Gasteiger partial charge on any atom is 0.252 e. The van der Waals surface area contributed by atoms with E-state index in [4.69, 9.17) is 4.98 Å². The number of benzene rings is 1. The van der Waals surface area contributed by atoms with Gasteiger partial charge < -0.3 is 20.5 Å². The number of aromatic nitrogens is 4. The largest absolute Gasteiger partial charge is 0.382 e. The molecule has 0 unspecified atom stereocenters. The van der Waals surface area contributed by atoms with Crippen molar-refractivity contribution in [3.63, 3.8) is 0 Å². The standard InChI is InChI=1S/C27H31N7O/c1-33-15-12-20(25(33)18-2-3-18)17-34-24(35)9-4-19-16-29-27(32-26(19)34)31-22-7-5-21(6-8-22)30-23-10-13-28-14-11-23/h4-9,12,15-16,18,23,28,30H,2-3,10-11,13-14,17H2,1H3,(H,29,31,32). The summed E-state index contributed by atoms with van der Waals surface area (Å²) in [5.74, 6) is 1.08. The predicted octanol–water partition coefficient (Wildman–Crippen LogP) is 3.96. The Kier molecular flexibility index (Phi) is 5.74. The van der Waals surface area contributed by atoms with E-state index in [9.17, 15) is 4.79 Å². The van der Waals surface area contributed by atoms with E-state index in [0.29, 0.717) is 30.1 Å². The topological polar surface area (TPSA) is 88.8 Å². The van der Waals surface area contributed by atoms with Gasteiger partial charge in [0.1, 0.15) is 5.65 Å². The molecule has 35 heavy (non-hydrogen) atoms. The van der Waals surface area contributed by atoms with Crippen LogP contribution < -0.4 is 21.5 Å². The molecule has 0 radical (unpaired) electrons. The van der Waals surface area contributed by atoms with Crippen LogP contribution in [0.5, 0.6) is 0 Å². The number of fused-ring (bicyclic) bond motifs is 1. The van der Waals surface area contributed by atoms with Gasteiger partial charge in [-0.3, -0.25) is 9.36 Å². The minimum Gasteiger partial charge on any atom is -0.382 e. The quantitative estimate of drug-likeness (QED) is 0.380. The van der Waals surface area contributed by atoms with Gasteiger partial charge in [-0.15, -0.1) is 0 Å². The van der Waals surface area contributed by atoms with E-state index >= 15 is 0 Å². The van der Waals surface area contributed by atoms with Crippen LogP contribution in [0.15, 0.2) is 59.7 Å². The molecule has 1 saturated carbocycles. The number of nitrogens with one attached hydrogen (secondary N) is 3. The van der Waals surface area contributed by atoms with E-state index in [2.05, 4.69) is 56.9 Å². The molecule has 0 amide bonds. The number of pyridine rings is 1. The van der Waals surface area contributed by atoms with Crippen molar-refractivity contribution in [2.75, 3.05) is 23.7 Å². The zero-order valence-corrected chi connectivity index (χ0v) is 20.0. The summed E-state index contributed by atoms with van der Waals surface area (Å²) >= 11 is 0. The van der Waals surface area contributed by atoms with Crippen LogP contribution in [0.25, 0.3) is 11.0 Å². The second-order valence-corrected chi connectivity index (χ2v) is 9.71. The van der Waals surface area contributed by atoms with Crippen LogP contribution in [0, 0.1) is 0 Å². The molecule has 3 aromatic heterocycles. The van der Waals surface area contributed by atoms with Crippen molar-refractivity contribution in [3.05, 3.63) is 76.5 Å². The molecule has 180 valence electrons. The molecule has 1 aromatic carbocycles. The highest BCUT2D eigenvalue weighted by Crippen LogP contribution is 2.42. The van der Waals surface area contributed by atoms with Crippen LogP contribution >= 0.6 is 0 Å². The van der Waals surface area contributed by atoms with E-state index in [1.807, 2.05) is 12.1 Å². The van der Waals surface area contributed by atoms with Gasteiger partial charge in [0, 0.05) is 54.0 Å². The van der Waals surface area contributed by atoms with Crippen molar-refractivity contribution >= 4 is 28.4 Å². The molecular weight excluding hydrogens is 438 g/mol. The first-order chi connectivity index (χ1) is 17.1. The number of hydrogen-bond acceptors (Lipinski definition) is 6. The zero-order valence-electron chi connectivity index (χ0n) is 20.0. The van der Waals surface area contributed by atoms with Gasteiger partial charge in [-0.2, -0.15) is 4.98 Å². The van der Waals surface area contributed by atoms with E-state index in [1.54, 1.807) is 22.9 Å². The summed E-state index contributed by atoms with van der Waals surface area (Å²) in [6, 6.07) is 14.3. The van der Waals surface area contributed by atoms with Gasteiger partial charge >= 0.3 is 0 Å². The summed E-state index contributed by atoms with van der Waals surface area (Å²) in [6.45, 7) is 2.64. The van der Waals surface area contributed by atoms with Gasteiger partial charge in [0.05, 0.1) is 6.54 Å². The van der Waals surface area contributed by atoms with Crippen LogP contribution in [0.2, 0.25) is 0 Å². The van der Waals surface area contributed by atoms with Gasteiger partial charge in [-0.1, -0.05) is 0 Å². The maximum absolute atomic E-state index is 12.9. The lowest BCUT2D eigenvalue weighted by molar-refractivity contribution is 0.479. The minimum absolute atomic E-state index is 0.0545. The first-order valence-corrected chi connectivity index (χ1v) is 12.5. The summed E-state index contributed by atoms with van der Waals surface area (Å²) in [5.41, 5.74) is 5.13. The summed E-state index contributed by atoms with van der Waals surface area (Å²) in [6.07, 6.45) is 8.58. The molecule has 1 saturated heterocycles. The molecule has 8 nitrogen and oxygen atoms in total. The van der Waals surface area contributed by atoms with Gasteiger partial charge in [-0.25, -0.2) is 4.98 Å². The zero-order chi connectivity index (χ0) is 23.8. The molecule has 1 aliphatic carbocycles. The fraction of sp³-hybridized carbons (Fsp3) is 0.370. The molecule has 1 aliphatic heterocycles. The fourth-order valence-corrected chi connectivity index (χ4v) is 5.07. The number of hydrogen-bond donors (Lipinski definition) is 3. The average molecular weight is 470 g/mol. The molecule has 2 aliphatic rings. The third-order valence-electron chi connectivity index (χ3n) is 7.07. The van der Waals surface area contributed by atoms with Crippen LogP contribution in [0.3, 0.4) is 0 Å². The van der Waals surface area contributed by atoms with Crippen LogP contribution in [0.1, 0.15) is 42.9 Å². The molecular formula is C27H31N7O. The first-order valence-electron chi connectivity index (χ1n) is 12.5. The molecule has 0 spiro atoms. The van der Waals surface area contributed by atoms with Gasteiger partial charge in [0.15, 0.2) is 0 Å². The minimum atomic E-state index is -0.0545. The molecule has 0 bridgehead atoms. The summed E-state index contributed by atoms with van der Waals surface area (Å²) < 4.78 is 3.95. The number of rotatable bonds is 7.